The molecule has 0 fully saturated rings. The zero-order valence-corrected chi connectivity index (χ0v) is 10.7. The minimum absolute atomic E-state index is 0.211. The number of anilines is 1. The predicted molar refractivity (Wildman–Crippen MR) is 64.6 cm³/mol. The van der Waals surface area contributed by atoms with Crippen LogP contribution in [-0.4, -0.2) is 35.8 Å². The van der Waals surface area contributed by atoms with Gasteiger partial charge in [0.25, 0.3) is 5.69 Å². The molecule has 0 saturated heterocycles. The molecule has 2 N–H and O–H groups in total. The van der Waals surface area contributed by atoms with Crippen LogP contribution in [0, 0.1) is 10.1 Å². The van der Waals surface area contributed by atoms with Crippen molar-refractivity contribution < 1.29 is 32.7 Å². The Kier molecular flexibility index (Phi) is 5.08. The number of carbonyl (C=O) groups is 1. The number of methoxy groups -OCH3 is 1. The molecule has 1 aromatic rings. The number of aliphatic hydroxyl groups excluding tert-OH is 1. The van der Waals surface area contributed by atoms with Crippen molar-refractivity contribution in [1.82, 2.24) is 0 Å². The maximum Gasteiger partial charge on any atom is 0.423 e. The number of alkyl halides is 3. The molecule has 1 aromatic carbocycles. The van der Waals surface area contributed by atoms with Gasteiger partial charge in [-0.1, -0.05) is 0 Å². The number of nitrogens with one attached hydrogen (secondary N) is 1. The van der Waals surface area contributed by atoms with E-state index in [1.54, 1.807) is 0 Å². The lowest BCUT2D eigenvalue weighted by molar-refractivity contribution is -0.388. The van der Waals surface area contributed by atoms with E-state index in [4.69, 9.17) is 5.11 Å². The SMILES string of the molecule is COC(=O)C(CO)Nc1ccc([N+](=O)[O-])c(C(F)(F)F)c1. The molecule has 0 spiro atoms. The van der Waals surface area contributed by atoms with Gasteiger partial charge in [-0.25, -0.2) is 4.79 Å². The second-order valence-electron chi connectivity index (χ2n) is 3.89. The molecule has 1 rings (SSSR count). The van der Waals surface area contributed by atoms with Gasteiger partial charge in [0.05, 0.1) is 18.6 Å². The molecule has 7 nitrogen and oxygen atoms in total. The molecule has 10 heteroatoms. The Morgan fingerprint density at radius 2 is 2.14 bits per heavy atom. The summed E-state index contributed by atoms with van der Waals surface area (Å²) in [5.41, 5.74) is -2.77. The van der Waals surface area contributed by atoms with E-state index in [0.717, 1.165) is 13.2 Å². The number of hydrogen-bond acceptors (Lipinski definition) is 6. The summed E-state index contributed by atoms with van der Waals surface area (Å²) in [6.45, 7) is -0.717. The van der Waals surface area contributed by atoms with Crippen molar-refractivity contribution in [2.45, 2.75) is 12.2 Å². The lowest BCUT2D eigenvalue weighted by atomic mass is 10.1. The van der Waals surface area contributed by atoms with E-state index in [9.17, 15) is 28.1 Å². The monoisotopic (exact) mass is 308 g/mol. The highest BCUT2D eigenvalue weighted by Gasteiger charge is 2.38. The summed E-state index contributed by atoms with van der Waals surface area (Å²) < 4.78 is 42.6. The molecule has 0 saturated carbocycles. The Balaban J connectivity index is 3.17. The molecule has 116 valence electrons. The fourth-order valence-electron chi connectivity index (χ4n) is 1.53. The van der Waals surface area contributed by atoms with Crippen LogP contribution in [-0.2, 0) is 15.7 Å². The topological polar surface area (TPSA) is 102 Å². The van der Waals surface area contributed by atoms with E-state index in [-0.39, 0.29) is 5.69 Å². The summed E-state index contributed by atoms with van der Waals surface area (Å²) in [7, 11) is 1.05. The Bertz CT molecular complexity index is 547. The highest BCUT2D eigenvalue weighted by molar-refractivity contribution is 5.79. The van der Waals surface area contributed by atoms with Crippen LogP contribution in [0.15, 0.2) is 18.2 Å². The van der Waals surface area contributed by atoms with Crippen LogP contribution in [0.25, 0.3) is 0 Å². The molecule has 0 aliphatic heterocycles. The van der Waals surface area contributed by atoms with E-state index in [1.807, 2.05) is 0 Å². The first-order valence-corrected chi connectivity index (χ1v) is 5.51. The van der Waals surface area contributed by atoms with Crippen molar-refractivity contribution in [1.29, 1.82) is 0 Å². The Hall–Kier alpha value is -2.36. The van der Waals surface area contributed by atoms with E-state index in [0.29, 0.717) is 12.1 Å². The predicted octanol–water partition coefficient (Wildman–Crippen LogP) is 1.56. The summed E-state index contributed by atoms with van der Waals surface area (Å²) >= 11 is 0. The fraction of sp³-hybridized carbons (Fsp3) is 0.364. The van der Waals surface area contributed by atoms with Crippen molar-refractivity contribution in [3.8, 4) is 0 Å². The van der Waals surface area contributed by atoms with E-state index in [1.165, 1.54) is 0 Å². The number of carbonyl (C=O) groups excluding carboxylic acids is 1. The van der Waals surface area contributed by atoms with E-state index < -0.39 is 41.0 Å². The van der Waals surface area contributed by atoms with Gasteiger partial charge in [0, 0.05) is 11.8 Å². The number of halogens is 3. The fourth-order valence-corrected chi connectivity index (χ4v) is 1.53. The quantitative estimate of drug-likeness (QED) is 0.486. The smallest absolute Gasteiger partial charge is 0.423 e. The largest absolute Gasteiger partial charge is 0.467 e. The maximum atomic E-state index is 12.8. The van der Waals surface area contributed by atoms with Gasteiger partial charge in [-0.3, -0.25) is 10.1 Å². The number of nitro groups is 1. The van der Waals surface area contributed by atoms with Crippen LogP contribution in [0.3, 0.4) is 0 Å². The minimum Gasteiger partial charge on any atom is -0.467 e. The summed E-state index contributed by atoms with van der Waals surface area (Å²) in [5.74, 6) is -0.885. The van der Waals surface area contributed by atoms with Crippen molar-refractivity contribution in [2.75, 3.05) is 19.0 Å². The van der Waals surface area contributed by atoms with Crippen molar-refractivity contribution in [2.24, 2.45) is 0 Å². The molecule has 0 aliphatic rings. The van der Waals surface area contributed by atoms with Crippen molar-refractivity contribution >= 4 is 17.3 Å². The molecule has 1 unspecified atom stereocenters. The molecule has 0 bridgehead atoms. The Morgan fingerprint density at radius 3 is 2.57 bits per heavy atom. The standard InChI is InChI=1S/C11H11F3N2O5/c1-21-10(18)8(5-17)15-6-2-3-9(16(19)20)7(4-6)11(12,13)14/h2-4,8,15,17H,5H2,1H3. The van der Waals surface area contributed by atoms with E-state index >= 15 is 0 Å². The second kappa shape index (κ2) is 6.39. The third-order valence-electron chi connectivity index (χ3n) is 2.51. The number of hydrogen-bond donors (Lipinski definition) is 2. The maximum absolute atomic E-state index is 12.8. The average molecular weight is 308 g/mol. The highest BCUT2D eigenvalue weighted by atomic mass is 19.4. The second-order valence-corrected chi connectivity index (χ2v) is 3.89. The van der Waals surface area contributed by atoms with Crippen LogP contribution >= 0.6 is 0 Å². The van der Waals surface area contributed by atoms with Crippen LogP contribution in [0.5, 0.6) is 0 Å². The Morgan fingerprint density at radius 1 is 1.52 bits per heavy atom. The molecule has 21 heavy (non-hydrogen) atoms. The zero-order valence-electron chi connectivity index (χ0n) is 10.7. The molecule has 0 heterocycles. The molecule has 0 amide bonds. The van der Waals surface area contributed by atoms with Gasteiger partial charge in [-0.15, -0.1) is 0 Å². The van der Waals surface area contributed by atoms with Crippen LogP contribution in [0.1, 0.15) is 5.56 Å². The van der Waals surface area contributed by atoms with Gasteiger partial charge in [-0.2, -0.15) is 13.2 Å². The number of ether oxygens (including phenoxy) is 1. The van der Waals surface area contributed by atoms with Gasteiger partial charge < -0.3 is 15.2 Å². The highest BCUT2D eigenvalue weighted by Crippen LogP contribution is 2.37. The third kappa shape index (κ3) is 4.05. The third-order valence-corrected chi connectivity index (χ3v) is 2.51. The molecule has 1 atom stereocenters. The molecular formula is C11H11F3N2O5. The Labute approximate surface area is 116 Å². The van der Waals surface area contributed by atoms with Gasteiger partial charge >= 0.3 is 12.1 Å². The van der Waals surface area contributed by atoms with Crippen LogP contribution in [0.2, 0.25) is 0 Å². The molecule has 0 radical (unpaired) electrons. The van der Waals surface area contributed by atoms with Crippen LogP contribution < -0.4 is 5.32 Å². The summed E-state index contributed by atoms with van der Waals surface area (Å²) in [4.78, 5) is 20.7. The number of nitrogens with zero attached hydrogens (tertiary/aromatic N) is 1. The van der Waals surface area contributed by atoms with Gasteiger partial charge in [0.15, 0.2) is 0 Å². The number of benzene rings is 1. The number of esters is 1. The first kappa shape index (κ1) is 16.7. The zero-order chi connectivity index (χ0) is 16.2. The van der Waals surface area contributed by atoms with Crippen LogP contribution in [0.4, 0.5) is 24.5 Å². The first-order valence-electron chi connectivity index (χ1n) is 5.51. The van der Waals surface area contributed by atoms with Gasteiger partial charge in [0.1, 0.15) is 11.6 Å². The van der Waals surface area contributed by atoms with Crippen molar-refractivity contribution in [3.63, 3.8) is 0 Å². The summed E-state index contributed by atoms with van der Waals surface area (Å²) in [5, 5.41) is 21.9. The average Bonchev–Trinajstić information content (AvgIpc) is 2.42. The number of rotatable bonds is 5. The number of nitro benzene ring substituents is 1. The summed E-state index contributed by atoms with van der Waals surface area (Å²) in [6, 6.07) is 0.872. The lowest BCUT2D eigenvalue weighted by Gasteiger charge is -2.16. The molecule has 0 aromatic heterocycles. The summed E-state index contributed by atoms with van der Waals surface area (Å²) in [6.07, 6.45) is -4.93. The van der Waals surface area contributed by atoms with Gasteiger partial charge in [0.2, 0.25) is 0 Å². The van der Waals surface area contributed by atoms with Crippen molar-refractivity contribution in [3.05, 3.63) is 33.9 Å². The molecular weight excluding hydrogens is 297 g/mol. The number of aliphatic hydroxyl groups is 1. The molecule has 0 aliphatic carbocycles. The first-order chi connectivity index (χ1) is 9.70. The minimum atomic E-state index is -4.93. The van der Waals surface area contributed by atoms with E-state index in [2.05, 4.69) is 10.1 Å². The lowest BCUT2D eigenvalue weighted by Crippen LogP contribution is -2.34. The van der Waals surface area contributed by atoms with Gasteiger partial charge in [-0.05, 0) is 12.1 Å². The normalized spacial score (nSPS) is 12.6.